The van der Waals surface area contributed by atoms with E-state index in [1.54, 1.807) is 34.9 Å². The number of aromatic nitrogens is 2. The standard InChI is InChI=1S/C48H56ClFN8O6S/c1-64-41-28-38-34(46(52-30-51-38)54-32-16-17-37(50)36(49)26-32)27-39(41)55-44(60)15-11-22-57-23-20-31(21-24-57)53-43(59)14-8-6-4-2-3-5-7-9-25-65-42-13-10-12-33-35(42)29-58(48(33)63)40-18-19-45(61)56-47(40)62/h10-13,15-17,26-28,30-31,40H,2-9,14,18-25,29H2,1H3,(H,53,59)(H,55,60)(H,51,52,54)(H,56,61,62)/b15-11+. The maximum absolute atomic E-state index is 13.7. The number of unbranched alkanes of at least 4 members (excludes halogenated alkanes) is 7. The van der Waals surface area contributed by atoms with Gasteiger partial charge < -0.3 is 25.6 Å². The first-order valence-electron chi connectivity index (χ1n) is 22.5. The number of likely N-dealkylation sites (tertiary alicyclic amines) is 1. The molecule has 0 bridgehead atoms. The average molecular weight is 928 g/mol. The number of nitrogens with zero attached hydrogens (tertiary/aromatic N) is 4. The summed E-state index contributed by atoms with van der Waals surface area (Å²) in [6, 6.07) is 13.1. The minimum Gasteiger partial charge on any atom is -0.494 e. The molecule has 344 valence electrons. The van der Waals surface area contributed by atoms with Gasteiger partial charge in [0.1, 0.15) is 29.8 Å². The van der Waals surface area contributed by atoms with Crippen molar-refractivity contribution in [3.05, 3.63) is 89.0 Å². The Balaban J connectivity index is 0.723. The number of methoxy groups -OCH3 is 1. The van der Waals surface area contributed by atoms with Crippen molar-refractivity contribution >= 4 is 81.0 Å². The second-order valence-corrected chi connectivity index (χ2v) is 18.2. The van der Waals surface area contributed by atoms with Crippen LogP contribution in [0.5, 0.6) is 5.75 Å². The molecule has 0 spiro atoms. The monoisotopic (exact) mass is 926 g/mol. The number of piperidine rings is 2. The number of anilines is 3. The van der Waals surface area contributed by atoms with Crippen LogP contribution in [0.15, 0.2) is 71.9 Å². The van der Waals surface area contributed by atoms with Crippen molar-refractivity contribution in [1.82, 2.24) is 30.4 Å². The zero-order chi connectivity index (χ0) is 45.7. The molecule has 2 saturated heterocycles. The van der Waals surface area contributed by atoms with E-state index in [0.717, 1.165) is 80.7 Å². The fraction of sp³-hybridized carbons (Fsp3) is 0.438. The molecule has 4 aromatic rings. The quantitative estimate of drug-likeness (QED) is 0.0274. The molecule has 17 heteroatoms. The highest BCUT2D eigenvalue weighted by Gasteiger charge is 2.39. The van der Waals surface area contributed by atoms with Gasteiger partial charge in [-0.25, -0.2) is 14.4 Å². The number of rotatable bonds is 21. The summed E-state index contributed by atoms with van der Waals surface area (Å²) in [5, 5.41) is 12.2. The lowest BCUT2D eigenvalue weighted by Crippen LogP contribution is -2.52. The van der Waals surface area contributed by atoms with Gasteiger partial charge in [-0.3, -0.25) is 34.2 Å². The van der Waals surface area contributed by atoms with E-state index in [1.165, 1.54) is 44.5 Å². The number of amides is 5. The molecule has 2 fully saturated rings. The summed E-state index contributed by atoms with van der Waals surface area (Å²) in [4.78, 5) is 76.4. The Labute approximate surface area is 387 Å². The van der Waals surface area contributed by atoms with Crippen molar-refractivity contribution < 1.29 is 33.1 Å². The maximum atomic E-state index is 13.7. The van der Waals surface area contributed by atoms with E-state index in [4.69, 9.17) is 16.3 Å². The first-order valence-corrected chi connectivity index (χ1v) is 23.9. The van der Waals surface area contributed by atoms with E-state index in [9.17, 15) is 28.4 Å². The summed E-state index contributed by atoms with van der Waals surface area (Å²) < 4.78 is 19.2. The highest BCUT2D eigenvalue weighted by molar-refractivity contribution is 7.99. The number of carbonyl (C=O) groups is 5. The number of fused-ring (bicyclic) bond motifs is 2. The summed E-state index contributed by atoms with van der Waals surface area (Å²) in [6.07, 6.45) is 16.4. The van der Waals surface area contributed by atoms with Crippen molar-refractivity contribution in [3.8, 4) is 5.75 Å². The van der Waals surface area contributed by atoms with E-state index in [-0.39, 0.29) is 47.0 Å². The summed E-state index contributed by atoms with van der Waals surface area (Å²) in [6.45, 7) is 2.66. The fourth-order valence-electron chi connectivity index (χ4n) is 8.53. The second-order valence-electron chi connectivity index (χ2n) is 16.7. The lowest BCUT2D eigenvalue weighted by molar-refractivity contribution is -0.137. The van der Waals surface area contributed by atoms with Crippen molar-refractivity contribution in [2.45, 2.75) is 107 Å². The van der Waals surface area contributed by atoms with Gasteiger partial charge in [-0.05, 0) is 79.8 Å². The predicted octanol–water partition coefficient (Wildman–Crippen LogP) is 8.31. The molecular formula is C48H56ClFN8O6S. The first kappa shape index (κ1) is 47.4. The predicted molar refractivity (Wildman–Crippen MR) is 251 cm³/mol. The molecular weight excluding hydrogens is 871 g/mol. The molecule has 65 heavy (non-hydrogen) atoms. The number of imide groups is 1. The van der Waals surface area contributed by atoms with Crippen LogP contribution in [0.2, 0.25) is 5.02 Å². The molecule has 14 nitrogen and oxygen atoms in total. The van der Waals surface area contributed by atoms with Gasteiger partial charge in [-0.1, -0.05) is 62.3 Å². The Hall–Kier alpha value is -5.58. The Morgan fingerprint density at radius 2 is 1.74 bits per heavy atom. The largest absolute Gasteiger partial charge is 0.494 e. The molecule has 3 aliphatic rings. The Morgan fingerprint density at radius 3 is 2.49 bits per heavy atom. The highest BCUT2D eigenvalue weighted by atomic mass is 35.5. The lowest BCUT2D eigenvalue weighted by atomic mass is 10.0. The van der Waals surface area contributed by atoms with Crippen LogP contribution in [0.3, 0.4) is 0 Å². The summed E-state index contributed by atoms with van der Waals surface area (Å²) in [5.41, 5.74) is 3.21. The van der Waals surface area contributed by atoms with Crippen LogP contribution < -0.4 is 26.0 Å². The van der Waals surface area contributed by atoms with Crippen LogP contribution in [-0.2, 0) is 25.7 Å². The smallest absolute Gasteiger partial charge is 0.255 e. The number of hydrogen-bond acceptors (Lipinski definition) is 11. The van der Waals surface area contributed by atoms with Crippen LogP contribution in [0.4, 0.5) is 21.6 Å². The third kappa shape index (κ3) is 12.8. The number of hydrogen-bond donors (Lipinski definition) is 4. The summed E-state index contributed by atoms with van der Waals surface area (Å²) in [5.74, 6) is 0.325. The van der Waals surface area contributed by atoms with Crippen LogP contribution in [0, 0.1) is 5.82 Å². The Morgan fingerprint density at radius 1 is 0.969 bits per heavy atom. The normalized spacial score (nSPS) is 16.8. The topological polar surface area (TPSA) is 175 Å². The van der Waals surface area contributed by atoms with Crippen molar-refractivity contribution in [2.75, 3.05) is 43.1 Å². The van der Waals surface area contributed by atoms with Gasteiger partial charge in [-0.2, -0.15) is 0 Å². The van der Waals surface area contributed by atoms with E-state index >= 15 is 0 Å². The van der Waals surface area contributed by atoms with Crippen LogP contribution >= 0.6 is 23.4 Å². The van der Waals surface area contributed by atoms with Crippen molar-refractivity contribution in [3.63, 3.8) is 0 Å². The van der Waals surface area contributed by atoms with Crippen molar-refractivity contribution in [1.29, 1.82) is 0 Å². The van der Waals surface area contributed by atoms with Crippen LogP contribution in [0.1, 0.15) is 99.4 Å². The third-order valence-electron chi connectivity index (χ3n) is 12.1. The Kier molecular flexibility index (Phi) is 16.8. The molecule has 4 N–H and O–H groups in total. The van der Waals surface area contributed by atoms with Gasteiger partial charge in [0.2, 0.25) is 23.6 Å². The minimum atomic E-state index is -0.600. The van der Waals surface area contributed by atoms with E-state index in [0.29, 0.717) is 65.3 Å². The van der Waals surface area contributed by atoms with Gasteiger partial charge in [0.25, 0.3) is 5.91 Å². The Bertz CT molecular complexity index is 2410. The number of thioether (sulfide) groups is 1. The third-order valence-corrected chi connectivity index (χ3v) is 13.6. The zero-order valence-corrected chi connectivity index (χ0v) is 38.2. The average Bonchev–Trinajstić information content (AvgIpc) is 3.63. The molecule has 1 unspecified atom stereocenters. The molecule has 0 saturated carbocycles. The van der Waals surface area contributed by atoms with E-state index < -0.39 is 11.9 Å². The van der Waals surface area contributed by atoms with Crippen molar-refractivity contribution in [2.24, 2.45) is 0 Å². The van der Waals surface area contributed by atoms with Crippen LogP contribution in [0.25, 0.3) is 10.9 Å². The fourth-order valence-corrected chi connectivity index (χ4v) is 9.80. The molecule has 0 aliphatic carbocycles. The number of nitrogens with one attached hydrogen (secondary N) is 4. The van der Waals surface area contributed by atoms with Crippen LogP contribution in [-0.4, -0.2) is 93.9 Å². The SMILES string of the molecule is COc1cc2ncnc(Nc3ccc(F)c(Cl)c3)c2cc1NC(=O)/C=C/CN1CCC(NC(=O)CCCCCCCCCCSc2cccc3c2CN(C2CCC(=O)NC2=O)C3=O)CC1. The summed E-state index contributed by atoms with van der Waals surface area (Å²) in [7, 11) is 1.52. The molecule has 4 heterocycles. The lowest BCUT2D eigenvalue weighted by Gasteiger charge is -2.31. The molecule has 5 amide bonds. The minimum absolute atomic E-state index is 0.0215. The van der Waals surface area contributed by atoms with Gasteiger partial charge in [0.15, 0.2) is 0 Å². The number of carbonyl (C=O) groups excluding carboxylic acids is 5. The molecule has 7 rings (SSSR count). The maximum Gasteiger partial charge on any atom is 0.255 e. The number of benzene rings is 3. The van der Waals surface area contributed by atoms with Gasteiger partial charge >= 0.3 is 0 Å². The zero-order valence-electron chi connectivity index (χ0n) is 36.6. The van der Waals surface area contributed by atoms with Gasteiger partial charge in [0.05, 0.1) is 23.3 Å². The highest BCUT2D eigenvalue weighted by Crippen LogP contribution is 2.36. The number of ether oxygens (including phenoxy) is 1. The molecule has 3 aromatic carbocycles. The summed E-state index contributed by atoms with van der Waals surface area (Å²) >= 11 is 7.73. The number of halogens is 2. The van der Waals surface area contributed by atoms with Gasteiger partial charge in [-0.15, -0.1) is 11.8 Å². The second kappa shape index (κ2) is 23.0. The van der Waals surface area contributed by atoms with Gasteiger partial charge in [0, 0.05) is 78.7 Å². The first-order chi connectivity index (χ1) is 31.6. The molecule has 1 atom stereocenters. The molecule has 3 aliphatic heterocycles. The molecule has 0 radical (unpaired) electrons. The molecule has 1 aromatic heterocycles. The van der Waals surface area contributed by atoms with E-state index in [1.807, 2.05) is 18.2 Å². The van der Waals surface area contributed by atoms with E-state index in [2.05, 4.69) is 42.2 Å².